The number of benzene rings is 2. The van der Waals surface area contributed by atoms with Crippen LogP contribution in [0.4, 0.5) is 14.5 Å². The van der Waals surface area contributed by atoms with Crippen molar-refractivity contribution >= 4 is 33.2 Å². The molecule has 1 unspecified atom stereocenters. The molecule has 5 nitrogen and oxygen atoms in total. The number of halogens is 4. The van der Waals surface area contributed by atoms with Gasteiger partial charge in [-0.25, -0.2) is 8.78 Å². The van der Waals surface area contributed by atoms with Crippen molar-refractivity contribution in [2.24, 2.45) is 0 Å². The number of hydrogen-bond acceptors (Lipinski definition) is 5. The highest BCUT2D eigenvalue weighted by Crippen LogP contribution is 2.25. The predicted molar refractivity (Wildman–Crippen MR) is 116 cm³/mol. The van der Waals surface area contributed by atoms with Gasteiger partial charge >= 0.3 is 0 Å². The van der Waals surface area contributed by atoms with E-state index in [1.54, 1.807) is 0 Å². The largest absolute Gasteiger partial charge is 0.485 e. The van der Waals surface area contributed by atoms with Crippen LogP contribution in [0, 0.1) is 11.6 Å². The summed E-state index contributed by atoms with van der Waals surface area (Å²) in [6.45, 7) is 4.10. The first-order valence-corrected chi connectivity index (χ1v) is 10.9. The summed E-state index contributed by atoms with van der Waals surface area (Å²) < 4.78 is 38.1. The van der Waals surface area contributed by atoms with Crippen molar-refractivity contribution in [3.63, 3.8) is 0 Å². The molecule has 164 valence electrons. The SMILES string of the molecule is OC(COCCOc1c(F)cc(Br)cc1F)CN1CCN(c2cccc(Cl)c2)CC1. The third kappa shape index (κ3) is 6.78. The number of ether oxygens (including phenoxy) is 2. The Balaban J connectivity index is 1.31. The fourth-order valence-electron chi connectivity index (χ4n) is 3.30. The number of piperazine rings is 1. The highest BCUT2D eigenvalue weighted by Gasteiger charge is 2.20. The Morgan fingerprint density at radius 2 is 1.77 bits per heavy atom. The number of hydrogen-bond donors (Lipinski definition) is 1. The van der Waals surface area contributed by atoms with Gasteiger partial charge in [0.15, 0.2) is 17.4 Å². The van der Waals surface area contributed by atoms with Crippen LogP contribution in [0.15, 0.2) is 40.9 Å². The fourth-order valence-corrected chi connectivity index (χ4v) is 3.89. The Morgan fingerprint density at radius 1 is 1.07 bits per heavy atom. The van der Waals surface area contributed by atoms with Gasteiger partial charge in [-0.15, -0.1) is 0 Å². The molecule has 1 atom stereocenters. The summed E-state index contributed by atoms with van der Waals surface area (Å²) in [5, 5.41) is 10.9. The number of aliphatic hydroxyl groups is 1. The van der Waals surface area contributed by atoms with Crippen LogP contribution in [0.3, 0.4) is 0 Å². The molecule has 0 aromatic heterocycles. The van der Waals surface area contributed by atoms with E-state index in [1.807, 2.05) is 24.3 Å². The summed E-state index contributed by atoms with van der Waals surface area (Å²) in [5.41, 5.74) is 1.10. The van der Waals surface area contributed by atoms with Crippen LogP contribution in [0.5, 0.6) is 5.75 Å². The summed E-state index contributed by atoms with van der Waals surface area (Å²) in [6.07, 6.45) is -0.649. The molecule has 1 aliphatic heterocycles. The Kier molecular flexibility index (Phi) is 8.71. The van der Waals surface area contributed by atoms with Gasteiger partial charge in [0.25, 0.3) is 0 Å². The summed E-state index contributed by atoms with van der Waals surface area (Å²) >= 11 is 9.07. The zero-order chi connectivity index (χ0) is 21.5. The summed E-state index contributed by atoms with van der Waals surface area (Å²) in [7, 11) is 0. The van der Waals surface area contributed by atoms with Crippen molar-refractivity contribution in [3.8, 4) is 5.75 Å². The molecule has 1 N–H and O–H groups in total. The van der Waals surface area contributed by atoms with Crippen LogP contribution < -0.4 is 9.64 Å². The smallest absolute Gasteiger partial charge is 0.190 e. The number of aliphatic hydroxyl groups excluding tert-OH is 1. The minimum Gasteiger partial charge on any atom is -0.485 e. The minimum absolute atomic E-state index is 0.0134. The second-order valence-corrected chi connectivity index (χ2v) is 8.40. The highest BCUT2D eigenvalue weighted by molar-refractivity contribution is 9.10. The van der Waals surface area contributed by atoms with Crippen LogP contribution in [0.25, 0.3) is 0 Å². The number of rotatable bonds is 9. The lowest BCUT2D eigenvalue weighted by molar-refractivity contribution is 0.00655. The molecule has 0 radical (unpaired) electrons. The molecule has 2 aromatic carbocycles. The topological polar surface area (TPSA) is 45.2 Å². The molecule has 1 aliphatic rings. The zero-order valence-corrected chi connectivity index (χ0v) is 18.7. The molecule has 0 bridgehead atoms. The molecule has 9 heteroatoms. The molecular formula is C21H24BrClF2N2O3. The number of β-amino-alcohol motifs (C(OH)–C–C–N with tert-alkyl or cyclic N) is 1. The zero-order valence-electron chi connectivity index (χ0n) is 16.4. The van der Waals surface area contributed by atoms with Crippen molar-refractivity contribution in [2.75, 3.05) is 57.4 Å². The molecule has 0 amide bonds. The van der Waals surface area contributed by atoms with Crippen molar-refractivity contribution in [1.82, 2.24) is 4.90 Å². The quantitative estimate of drug-likeness (QED) is 0.523. The molecule has 0 aliphatic carbocycles. The fraction of sp³-hybridized carbons (Fsp3) is 0.429. The van der Waals surface area contributed by atoms with Crippen LogP contribution >= 0.6 is 27.5 Å². The van der Waals surface area contributed by atoms with E-state index in [9.17, 15) is 13.9 Å². The maximum atomic E-state index is 13.7. The minimum atomic E-state index is -0.779. The first-order chi connectivity index (χ1) is 14.4. The van der Waals surface area contributed by atoms with Crippen LogP contribution in [-0.2, 0) is 4.74 Å². The van der Waals surface area contributed by atoms with Gasteiger partial charge in [-0.2, -0.15) is 0 Å². The molecule has 2 aromatic rings. The standard InChI is InChI=1S/C21H24BrClF2N2O3/c22-15-10-19(24)21(20(25)11-15)30-9-8-29-14-18(28)13-26-4-6-27(7-5-26)17-3-1-2-16(23)12-17/h1-3,10-12,18,28H,4-9,13-14H2. The molecule has 1 saturated heterocycles. The van der Waals surface area contributed by atoms with Crippen LogP contribution in [-0.4, -0.2) is 68.7 Å². The van der Waals surface area contributed by atoms with Crippen molar-refractivity contribution in [3.05, 3.63) is 57.5 Å². The second-order valence-electron chi connectivity index (χ2n) is 7.04. The molecule has 0 saturated carbocycles. The van der Waals surface area contributed by atoms with Gasteiger partial charge in [-0.1, -0.05) is 33.6 Å². The Morgan fingerprint density at radius 3 is 2.43 bits per heavy atom. The van der Waals surface area contributed by atoms with Gasteiger partial charge in [0, 0.05) is 47.9 Å². The average Bonchev–Trinajstić information content (AvgIpc) is 2.70. The maximum Gasteiger partial charge on any atom is 0.190 e. The highest BCUT2D eigenvalue weighted by atomic mass is 79.9. The summed E-state index contributed by atoms with van der Waals surface area (Å²) in [4.78, 5) is 4.45. The van der Waals surface area contributed by atoms with E-state index in [-0.39, 0.29) is 19.8 Å². The lowest BCUT2D eigenvalue weighted by Gasteiger charge is -2.36. The monoisotopic (exact) mass is 504 g/mol. The Labute approximate surface area is 188 Å². The first-order valence-electron chi connectivity index (χ1n) is 9.68. The van der Waals surface area contributed by atoms with E-state index in [2.05, 4.69) is 25.7 Å². The average molecular weight is 506 g/mol. The van der Waals surface area contributed by atoms with Crippen molar-refractivity contribution in [2.45, 2.75) is 6.10 Å². The molecule has 30 heavy (non-hydrogen) atoms. The second kappa shape index (κ2) is 11.2. The normalized spacial score (nSPS) is 16.0. The van der Waals surface area contributed by atoms with Gasteiger partial charge in [0.1, 0.15) is 6.61 Å². The maximum absolute atomic E-state index is 13.7. The van der Waals surface area contributed by atoms with Crippen molar-refractivity contribution < 1.29 is 23.4 Å². The van der Waals surface area contributed by atoms with Crippen LogP contribution in [0.1, 0.15) is 0 Å². The van der Waals surface area contributed by atoms with Gasteiger partial charge in [0.05, 0.1) is 19.3 Å². The van der Waals surface area contributed by atoms with Gasteiger partial charge in [0.2, 0.25) is 0 Å². The Hall–Kier alpha value is -1.45. The number of anilines is 1. The number of nitrogens with zero attached hydrogens (tertiary/aromatic N) is 2. The van der Waals surface area contributed by atoms with E-state index < -0.39 is 23.5 Å². The molecule has 3 rings (SSSR count). The third-order valence-corrected chi connectivity index (χ3v) is 5.45. The van der Waals surface area contributed by atoms with Crippen LogP contribution in [0.2, 0.25) is 5.02 Å². The van der Waals surface area contributed by atoms with Gasteiger partial charge < -0.3 is 19.5 Å². The molecule has 1 fully saturated rings. The third-order valence-electron chi connectivity index (χ3n) is 4.76. The van der Waals surface area contributed by atoms with E-state index in [1.165, 1.54) is 0 Å². The predicted octanol–water partition coefficient (Wildman–Crippen LogP) is 3.96. The van der Waals surface area contributed by atoms with Gasteiger partial charge in [-0.3, -0.25) is 4.90 Å². The molecular weight excluding hydrogens is 482 g/mol. The van der Waals surface area contributed by atoms with E-state index >= 15 is 0 Å². The van der Waals surface area contributed by atoms with E-state index in [0.29, 0.717) is 11.0 Å². The van der Waals surface area contributed by atoms with E-state index in [0.717, 1.165) is 49.0 Å². The first kappa shape index (κ1) is 23.2. The molecule has 0 spiro atoms. The van der Waals surface area contributed by atoms with Gasteiger partial charge in [-0.05, 0) is 30.3 Å². The van der Waals surface area contributed by atoms with Crippen molar-refractivity contribution in [1.29, 1.82) is 0 Å². The summed E-state index contributed by atoms with van der Waals surface area (Å²) in [5.74, 6) is -1.99. The lowest BCUT2D eigenvalue weighted by Crippen LogP contribution is -2.49. The van der Waals surface area contributed by atoms with E-state index in [4.69, 9.17) is 21.1 Å². The summed E-state index contributed by atoms with van der Waals surface area (Å²) in [6, 6.07) is 10.1. The Bertz CT molecular complexity index is 815. The molecule has 1 heterocycles. The lowest BCUT2D eigenvalue weighted by atomic mass is 10.2.